The first kappa shape index (κ1) is 23.3. The molecule has 0 radical (unpaired) electrons. The van der Waals surface area contributed by atoms with Gasteiger partial charge in [-0.3, -0.25) is 0 Å². The molecule has 0 rings (SSSR count). The maximum absolute atomic E-state index is 7.16. The Balaban J connectivity index is 5.75. The summed E-state index contributed by atoms with van der Waals surface area (Å²) in [6, 6.07) is 0. The predicted molar refractivity (Wildman–Crippen MR) is 141 cm³/mol. The fraction of sp³-hybridized carbons (Fsp3) is 0. The molecule has 0 saturated heterocycles. The summed E-state index contributed by atoms with van der Waals surface area (Å²) < 4.78 is 7.16. The molecule has 0 N–H and O–H groups in total. The zero-order valence-corrected chi connectivity index (χ0v) is 26.7. The molecule has 0 bridgehead atoms. The van der Waals surface area contributed by atoms with Gasteiger partial charge < -0.3 is 0 Å². The Morgan fingerprint density at radius 3 is 1.10 bits per heavy atom. The van der Waals surface area contributed by atoms with Crippen molar-refractivity contribution in [1.82, 2.24) is 0 Å². The van der Waals surface area contributed by atoms with Gasteiger partial charge in [-0.2, -0.15) is 0 Å². The monoisotopic (exact) mass is 698 g/mol. The van der Waals surface area contributed by atoms with Gasteiger partial charge in [0.05, 0.1) is 0 Å². The van der Waals surface area contributed by atoms with Gasteiger partial charge in [0, 0.05) is 64.5 Å². The molecule has 0 aliphatic heterocycles. The van der Waals surface area contributed by atoms with Crippen molar-refractivity contribution >= 4 is 167 Å². The van der Waals surface area contributed by atoms with E-state index in [1.165, 1.54) is 8.88 Å². The van der Waals surface area contributed by atoms with Crippen LogP contribution in [0.5, 0.6) is 0 Å². The summed E-state index contributed by atoms with van der Waals surface area (Å²) >= 11 is 3.78. The molecule has 0 fully saturated rings. The van der Waals surface area contributed by atoms with E-state index in [2.05, 4.69) is 0 Å². The Labute approximate surface area is 190 Å². The predicted octanol–water partition coefficient (Wildman–Crippen LogP) is -0.316. The fourth-order valence-corrected chi connectivity index (χ4v) is 49.0. The number of hydrogen-bond donors (Lipinski definition) is 0. The van der Waals surface area contributed by atoms with Crippen molar-refractivity contribution < 1.29 is 28.4 Å². The van der Waals surface area contributed by atoms with E-state index in [-0.39, 0.29) is 0 Å². The van der Waals surface area contributed by atoms with Crippen LogP contribution in [0.3, 0.4) is 0 Å². The zero-order chi connectivity index (χ0) is 15.4. The van der Waals surface area contributed by atoms with Crippen LogP contribution in [-0.2, 0) is 196 Å². The first-order valence-corrected chi connectivity index (χ1v) is 31.2. The molecule has 118 valence electrons. The molecule has 0 nitrogen and oxygen atoms in total. The van der Waals surface area contributed by atoms with Gasteiger partial charge in [-0.25, -0.2) is 0 Å². The van der Waals surface area contributed by atoms with Crippen molar-refractivity contribution in [2.45, 2.75) is 0 Å². The van der Waals surface area contributed by atoms with Crippen molar-refractivity contribution in [2.24, 2.45) is 0 Å². The van der Waals surface area contributed by atoms with E-state index in [1.807, 2.05) is 0 Å². The van der Waals surface area contributed by atoms with E-state index in [4.69, 9.17) is 11.3 Å². The Morgan fingerprint density at radius 2 is 0.800 bits per heavy atom. The average Bonchev–Trinajstić information content (AvgIpc) is 2.50. The standard InChI is InChI=1S/S19.Y.H/c1-3-5-7-9-11-13-15-17-19-18-16-14-12-10-8-6-4-2;;/i;;1+1. The van der Waals surface area contributed by atoms with Gasteiger partial charge in [0.25, 0.3) is 0 Å². The van der Waals surface area contributed by atoms with Crippen LogP contribution in [0.4, 0.5) is 0 Å². The van der Waals surface area contributed by atoms with E-state index in [0.717, 1.165) is 0 Å². The third-order valence-corrected chi connectivity index (χ3v) is 42.3. The Kier molecular flexibility index (Phi) is 28.3. The number of rotatable bonds is 0. The molecule has 0 unspecified atom stereocenters. The molecular formula is HS19Y. The minimum atomic E-state index is -0.981. The molecule has 0 spiro atoms. The topological polar surface area (TPSA) is 0 Å². The van der Waals surface area contributed by atoms with Gasteiger partial charge in [-0.05, 0) is 0 Å². The molecular weight excluding hydrogens is 698 g/mol. The van der Waals surface area contributed by atoms with Crippen LogP contribution in [-0.4, -0.2) is 0.101 Å². The van der Waals surface area contributed by atoms with Crippen LogP contribution in [0.25, 0.3) is 0 Å². The quantitative estimate of drug-likeness (QED) is 0.335. The summed E-state index contributed by atoms with van der Waals surface area (Å²) in [5.41, 5.74) is 0. The summed E-state index contributed by atoms with van der Waals surface area (Å²) in [6.45, 7) is 0. The molecule has 0 saturated carbocycles. The van der Waals surface area contributed by atoms with Gasteiger partial charge in [0.1, 0.15) is 0 Å². The SMILES string of the molecule is [2H][Y]=[S]=S=S=S=S=S=S=S=S=S=S=S=S=S=S=S=S=S=S. The molecule has 0 aromatic rings. The maximum atomic E-state index is 7.16. The van der Waals surface area contributed by atoms with E-state index in [0.29, 0.717) is 0 Å². The van der Waals surface area contributed by atoms with Crippen LogP contribution in [0, 0.1) is 0 Å². The second kappa shape index (κ2) is 24.3. The molecule has 0 aliphatic carbocycles. The van der Waals surface area contributed by atoms with Gasteiger partial charge in [0.2, 0.25) is 0 Å². The second-order valence-corrected chi connectivity index (χ2v) is 36.4. The minimum absolute atomic E-state index is 0.981. The molecule has 0 heterocycles. The van der Waals surface area contributed by atoms with E-state index in [1.54, 1.807) is 147 Å². The molecule has 20 heteroatoms. The zero-order valence-electron chi connectivity index (χ0n) is 9.33. The minimum Gasteiger partial charge on any atom is 0 e. The first-order valence-electron chi connectivity index (χ1n) is 3.81. The van der Waals surface area contributed by atoms with Crippen LogP contribution >= 0.6 is 0 Å². The van der Waals surface area contributed by atoms with E-state index >= 15 is 0 Å². The van der Waals surface area contributed by atoms with Gasteiger partial charge in [-0.1, -0.05) is 0 Å². The third kappa shape index (κ3) is 23.3. The van der Waals surface area contributed by atoms with Crippen LogP contribution in [0.15, 0.2) is 0 Å². The number of hydrogen-bond acceptors (Lipinski definition) is 1. The van der Waals surface area contributed by atoms with Gasteiger partial charge in [-0.15, -0.1) is 0 Å². The second-order valence-electron chi connectivity index (χ2n) is 1.25. The summed E-state index contributed by atoms with van der Waals surface area (Å²) in [7, 11) is 29.7. The molecule has 0 aromatic heterocycles. The molecule has 0 aromatic carbocycles. The Bertz CT molecular complexity index is 1080. The van der Waals surface area contributed by atoms with Crippen molar-refractivity contribution in [3.63, 3.8) is 0 Å². The molecule has 20 heavy (non-hydrogen) atoms. The summed E-state index contributed by atoms with van der Waals surface area (Å²) in [6.07, 6.45) is 0. The fourth-order valence-electron chi connectivity index (χ4n) is 0.186. The van der Waals surface area contributed by atoms with E-state index in [9.17, 15) is 0 Å². The van der Waals surface area contributed by atoms with Crippen LogP contribution in [0.2, 0.25) is 0 Å². The summed E-state index contributed by atoms with van der Waals surface area (Å²) in [5.74, 6) is 0. The summed E-state index contributed by atoms with van der Waals surface area (Å²) in [5, 5.41) is 1.75. The van der Waals surface area contributed by atoms with Gasteiger partial charge in [0.15, 0.2) is 0 Å². The first-order chi connectivity index (χ1) is 10.4. The summed E-state index contributed by atoms with van der Waals surface area (Å²) in [4.78, 5) is 0. The Hall–Kier alpha value is 5.28. The van der Waals surface area contributed by atoms with Crippen LogP contribution < -0.4 is 0 Å². The molecule has 0 atom stereocenters. The van der Waals surface area contributed by atoms with Crippen molar-refractivity contribution in [3.05, 3.63) is 0 Å². The smallest absolute Gasteiger partial charge is 0 e. The third-order valence-electron chi connectivity index (χ3n) is 0.484. The van der Waals surface area contributed by atoms with Crippen molar-refractivity contribution in [3.8, 4) is 0 Å². The van der Waals surface area contributed by atoms with Crippen molar-refractivity contribution in [1.29, 1.82) is 0.101 Å². The van der Waals surface area contributed by atoms with Gasteiger partial charge >= 0.3 is 131 Å². The van der Waals surface area contributed by atoms with Crippen molar-refractivity contribution in [2.75, 3.05) is 0 Å². The molecule has 0 amide bonds. The molecule has 0 aliphatic rings. The van der Waals surface area contributed by atoms with E-state index < -0.39 is 28.4 Å². The average molecular weight is 700 g/mol. The van der Waals surface area contributed by atoms with Crippen LogP contribution in [0.1, 0.15) is 0 Å². The normalized spacial score (nSPS) is 7.70. The Morgan fingerprint density at radius 1 is 0.500 bits per heavy atom.